The highest BCUT2D eigenvalue weighted by molar-refractivity contribution is 6.30. The molecule has 5 heteroatoms. The minimum Gasteiger partial charge on any atom is -0.343 e. The Balaban J connectivity index is 1.22. The summed E-state index contributed by atoms with van der Waals surface area (Å²) >= 11 is 5.98. The Morgan fingerprint density at radius 1 is 0.935 bits per heavy atom. The monoisotopic (exact) mass is 438 g/mol. The van der Waals surface area contributed by atoms with E-state index in [1.165, 1.54) is 16.7 Å². The second-order valence-electron chi connectivity index (χ2n) is 8.72. The molecule has 0 unspecified atom stereocenters. The lowest BCUT2D eigenvalue weighted by molar-refractivity contribution is -0.132. The van der Waals surface area contributed by atoms with Crippen LogP contribution in [0.25, 0.3) is 0 Å². The van der Waals surface area contributed by atoms with Gasteiger partial charge in [0.1, 0.15) is 0 Å². The van der Waals surface area contributed by atoms with Crippen molar-refractivity contribution in [1.29, 1.82) is 0 Å². The Hall–Kier alpha value is -2.17. The van der Waals surface area contributed by atoms with Crippen LogP contribution in [-0.2, 0) is 17.6 Å². The van der Waals surface area contributed by atoms with E-state index in [0.717, 1.165) is 62.4 Å². The number of hydrogen-bond donors (Lipinski definition) is 1. The SMILES string of the molecule is O=C(CCCC(=O)N1CCC(c2ccc(Cl)cc2)CC1)c1ccc2c(c1)CCNCC2. The lowest BCUT2D eigenvalue weighted by Gasteiger charge is -2.32. The predicted molar refractivity (Wildman–Crippen MR) is 125 cm³/mol. The molecule has 0 aromatic heterocycles. The summed E-state index contributed by atoms with van der Waals surface area (Å²) < 4.78 is 0. The van der Waals surface area contributed by atoms with E-state index < -0.39 is 0 Å². The normalized spacial score (nSPS) is 17.1. The molecule has 4 rings (SSSR count). The molecule has 2 heterocycles. The molecule has 31 heavy (non-hydrogen) atoms. The van der Waals surface area contributed by atoms with Gasteiger partial charge >= 0.3 is 0 Å². The standard InChI is InChI=1S/C26H31ClN2O2/c27-24-8-6-19(7-9-24)21-12-16-29(17-13-21)26(31)3-1-2-25(30)23-5-4-20-10-14-28-15-11-22(20)18-23/h4-9,18,21,28H,1-3,10-17H2. The molecule has 0 atom stereocenters. The summed E-state index contributed by atoms with van der Waals surface area (Å²) in [6, 6.07) is 14.2. The molecule has 0 saturated carbocycles. The number of carbonyl (C=O) groups excluding carboxylic acids is 2. The Bertz CT molecular complexity index is 918. The fourth-order valence-corrected chi connectivity index (χ4v) is 4.87. The first-order valence-corrected chi connectivity index (χ1v) is 11.9. The molecule has 2 aliphatic heterocycles. The summed E-state index contributed by atoms with van der Waals surface area (Å²) in [4.78, 5) is 27.2. The van der Waals surface area contributed by atoms with Crippen molar-refractivity contribution in [3.63, 3.8) is 0 Å². The first-order chi connectivity index (χ1) is 15.1. The number of benzene rings is 2. The highest BCUT2D eigenvalue weighted by atomic mass is 35.5. The van der Waals surface area contributed by atoms with Gasteiger partial charge < -0.3 is 10.2 Å². The van der Waals surface area contributed by atoms with Crippen molar-refractivity contribution in [2.75, 3.05) is 26.2 Å². The summed E-state index contributed by atoms with van der Waals surface area (Å²) in [7, 11) is 0. The van der Waals surface area contributed by atoms with Crippen LogP contribution in [0.5, 0.6) is 0 Å². The second-order valence-corrected chi connectivity index (χ2v) is 9.15. The largest absolute Gasteiger partial charge is 0.343 e. The third-order valence-electron chi connectivity index (χ3n) is 6.65. The van der Waals surface area contributed by atoms with Gasteiger partial charge in [-0.1, -0.05) is 35.9 Å². The number of carbonyl (C=O) groups is 2. The Morgan fingerprint density at radius 3 is 2.39 bits per heavy atom. The summed E-state index contributed by atoms with van der Waals surface area (Å²) in [6.07, 6.45) is 5.46. The van der Waals surface area contributed by atoms with E-state index in [9.17, 15) is 9.59 Å². The van der Waals surface area contributed by atoms with Gasteiger partial charge in [0.05, 0.1) is 0 Å². The van der Waals surface area contributed by atoms with E-state index in [-0.39, 0.29) is 11.7 Å². The van der Waals surface area contributed by atoms with Crippen molar-refractivity contribution in [3.8, 4) is 0 Å². The third kappa shape index (κ3) is 5.75. The summed E-state index contributed by atoms with van der Waals surface area (Å²) in [5, 5.41) is 4.16. The maximum atomic E-state index is 12.6. The van der Waals surface area contributed by atoms with Crippen LogP contribution in [-0.4, -0.2) is 42.8 Å². The lowest BCUT2D eigenvalue weighted by Crippen LogP contribution is -2.37. The van der Waals surface area contributed by atoms with Crippen molar-refractivity contribution in [1.82, 2.24) is 10.2 Å². The van der Waals surface area contributed by atoms with E-state index in [1.54, 1.807) is 0 Å². The molecular formula is C26H31ClN2O2. The quantitative estimate of drug-likeness (QED) is 0.660. The molecule has 1 amide bonds. The molecule has 0 radical (unpaired) electrons. The van der Waals surface area contributed by atoms with E-state index in [2.05, 4.69) is 29.6 Å². The number of amides is 1. The van der Waals surface area contributed by atoms with Crippen LogP contribution in [0.3, 0.4) is 0 Å². The molecular weight excluding hydrogens is 408 g/mol. The smallest absolute Gasteiger partial charge is 0.222 e. The van der Waals surface area contributed by atoms with Gasteiger partial charge in [-0.15, -0.1) is 0 Å². The number of rotatable bonds is 6. The molecule has 0 bridgehead atoms. The topological polar surface area (TPSA) is 49.4 Å². The molecule has 1 N–H and O–H groups in total. The molecule has 2 aromatic rings. The second kappa shape index (κ2) is 10.4. The Kier molecular flexibility index (Phi) is 7.41. The van der Waals surface area contributed by atoms with Crippen molar-refractivity contribution < 1.29 is 9.59 Å². The zero-order valence-corrected chi connectivity index (χ0v) is 18.8. The van der Waals surface area contributed by atoms with Crippen LogP contribution >= 0.6 is 11.6 Å². The van der Waals surface area contributed by atoms with Crippen LogP contribution in [0.1, 0.15) is 65.1 Å². The number of nitrogens with zero attached hydrogens (tertiary/aromatic N) is 1. The molecule has 2 aliphatic rings. The van der Waals surface area contributed by atoms with E-state index in [0.29, 0.717) is 25.2 Å². The lowest BCUT2D eigenvalue weighted by atomic mass is 9.89. The maximum Gasteiger partial charge on any atom is 0.222 e. The van der Waals surface area contributed by atoms with Crippen molar-refractivity contribution >= 4 is 23.3 Å². The van der Waals surface area contributed by atoms with Gasteiger partial charge in [0.25, 0.3) is 0 Å². The minimum absolute atomic E-state index is 0.147. The molecule has 1 saturated heterocycles. The molecule has 0 aliphatic carbocycles. The highest BCUT2D eigenvalue weighted by Gasteiger charge is 2.23. The molecule has 164 valence electrons. The Labute approximate surface area is 190 Å². The zero-order chi connectivity index (χ0) is 21.6. The van der Waals surface area contributed by atoms with Crippen LogP contribution in [0, 0.1) is 0 Å². The van der Waals surface area contributed by atoms with E-state index in [4.69, 9.17) is 11.6 Å². The molecule has 1 fully saturated rings. The Morgan fingerprint density at radius 2 is 1.65 bits per heavy atom. The number of likely N-dealkylation sites (tertiary alicyclic amines) is 1. The van der Waals surface area contributed by atoms with Gasteiger partial charge in [0.15, 0.2) is 5.78 Å². The van der Waals surface area contributed by atoms with Gasteiger partial charge in [-0.2, -0.15) is 0 Å². The predicted octanol–water partition coefficient (Wildman–Crippen LogP) is 4.79. The number of fused-ring (bicyclic) bond motifs is 1. The fourth-order valence-electron chi connectivity index (χ4n) is 4.75. The van der Waals surface area contributed by atoms with Gasteiger partial charge in [-0.05, 0) is 86.0 Å². The maximum absolute atomic E-state index is 12.6. The van der Waals surface area contributed by atoms with Gasteiger partial charge in [-0.3, -0.25) is 9.59 Å². The van der Waals surface area contributed by atoms with Crippen LogP contribution in [0.2, 0.25) is 5.02 Å². The van der Waals surface area contributed by atoms with Crippen LogP contribution < -0.4 is 5.32 Å². The van der Waals surface area contributed by atoms with Crippen LogP contribution in [0.4, 0.5) is 0 Å². The van der Waals surface area contributed by atoms with E-state index >= 15 is 0 Å². The minimum atomic E-state index is 0.147. The average molecular weight is 439 g/mol. The van der Waals surface area contributed by atoms with Gasteiger partial charge in [-0.25, -0.2) is 0 Å². The fraction of sp³-hybridized carbons (Fsp3) is 0.462. The van der Waals surface area contributed by atoms with Crippen molar-refractivity contribution in [2.45, 2.75) is 50.9 Å². The summed E-state index contributed by atoms with van der Waals surface area (Å²) in [6.45, 7) is 3.55. The number of halogens is 1. The van der Waals surface area contributed by atoms with Gasteiger partial charge in [0.2, 0.25) is 5.91 Å². The van der Waals surface area contributed by atoms with Gasteiger partial charge in [0, 0.05) is 36.5 Å². The first-order valence-electron chi connectivity index (χ1n) is 11.5. The molecule has 4 nitrogen and oxygen atoms in total. The highest BCUT2D eigenvalue weighted by Crippen LogP contribution is 2.29. The summed E-state index contributed by atoms with van der Waals surface area (Å²) in [5.41, 5.74) is 4.73. The number of ketones is 1. The zero-order valence-electron chi connectivity index (χ0n) is 18.0. The number of hydrogen-bond acceptors (Lipinski definition) is 3. The number of piperidine rings is 1. The average Bonchev–Trinajstić information content (AvgIpc) is 3.04. The number of nitrogens with one attached hydrogen (secondary N) is 1. The molecule has 0 spiro atoms. The van der Waals surface area contributed by atoms with E-state index in [1.807, 2.05) is 23.1 Å². The van der Waals surface area contributed by atoms with Crippen molar-refractivity contribution in [2.24, 2.45) is 0 Å². The number of Topliss-reactive ketones (excluding diaryl/α,β-unsaturated/α-hetero) is 1. The summed E-state index contributed by atoms with van der Waals surface area (Å²) in [5.74, 6) is 0.816. The van der Waals surface area contributed by atoms with Crippen LogP contribution in [0.15, 0.2) is 42.5 Å². The molecule has 2 aromatic carbocycles. The van der Waals surface area contributed by atoms with Crippen molar-refractivity contribution in [3.05, 3.63) is 69.7 Å². The third-order valence-corrected chi connectivity index (χ3v) is 6.91. The first kappa shape index (κ1) is 22.0.